The molecule has 0 radical (unpaired) electrons. The van der Waals surface area contributed by atoms with Gasteiger partial charge in [0, 0.05) is 24.7 Å². The van der Waals surface area contributed by atoms with Crippen molar-refractivity contribution in [3.63, 3.8) is 0 Å². The van der Waals surface area contributed by atoms with Crippen LogP contribution in [-0.2, 0) is 14.8 Å². The van der Waals surface area contributed by atoms with Crippen LogP contribution in [0.15, 0.2) is 47.4 Å². The summed E-state index contributed by atoms with van der Waals surface area (Å²) in [7, 11) is 0.0841. The van der Waals surface area contributed by atoms with Crippen molar-refractivity contribution in [1.29, 1.82) is 0 Å². The molecule has 176 valence electrons. The van der Waals surface area contributed by atoms with Gasteiger partial charge in [0.15, 0.2) is 5.13 Å². The third kappa shape index (κ3) is 5.07. The van der Waals surface area contributed by atoms with Gasteiger partial charge in [0.25, 0.3) is 0 Å². The van der Waals surface area contributed by atoms with Gasteiger partial charge in [0.1, 0.15) is 6.04 Å². The lowest BCUT2D eigenvalue weighted by Gasteiger charge is -2.29. The molecule has 0 saturated carbocycles. The van der Waals surface area contributed by atoms with E-state index in [2.05, 4.69) is 4.98 Å². The first kappa shape index (κ1) is 24.1. The lowest BCUT2D eigenvalue weighted by Crippen LogP contribution is -2.49. The Morgan fingerprint density at radius 2 is 1.91 bits per heavy atom. The van der Waals surface area contributed by atoms with E-state index in [1.165, 1.54) is 15.6 Å². The third-order valence-corrected chi connectivity index (χ3v) is 8.92. The molecule has 1 aliphatic rings. The van der Waals surface area contributed by atoms with Crippen LogP contribution >= 0.6 is 22.9 Å². The number of likely N-dealkylation sites (N-methyl/N-ethyl adjacent to an activating group) is 1. The Morgan fingerprint density at radius 1 is 1.18 bits per heavy atom. The standard InChI is InChI=1S/C23H27ClN4O3S2/c1-16-6-9-18(10-7-16)33(30,31)28-12-4-5-20(28)22(29)27(14-13-26(2)3)23-25-19-11-8-17(24)15-21(19)32-23/h6-11,15,20H,4-5,12-14H2,1-3H3. The minimum absolute atomic E-state index is 0.210. The smallest absolute Gasteiger partial charge is 0.247 e. The second kappa shape index (κ2) is 9.68. The molecule has 0 aliphatic carbocycles. The van der Waals surface area contributed by atoms with Gasteiger partial charge < -0.3 is 4.90 Å². The van der Waals surface area contributed by atoms with Gasteiger partial charge in [-0.15, -0.1) is 0 Å². The van der Waals surface area contributed by atoms with Crippen LogP contribution in [-0.4, -0.2) is 68.3 Å². The second-order valence-corrected chi connectivity index (χ2v) is 11.8. The van der Waals surface area contributed by atoms with Crippen molar-refractivity contribution < 1.29 is 13.2 Å². The lowest BCUT2D eigenvalue weighted by molar-refractivity contribution is -0.121. The van der Waals surface area contributed by atoms with Crippen molar-refractivity contribution in [2.75, 3.05) is 38.6 Å². The molecule has 1 aliphatic heterocycles. The number of fused-ring (bicyclic) bond motifs is 1. The molecule has 0 bridgehead atoms. The lowest BCUT2D eigenvalue weighted by atomic mass is 10.2. The third-order valence-electron chi connectivity index (χ3n) is 5.72. The fourth-order valence-corrected chi connectivity index (χ4v) is 6.83. The van der Waals surface area contributed by atoms with Gasteiger partial charge in [0.2, 0.25) is 15.9 Å². The van der Waals surface area contributed by atoms with E-state index in [0.29, 0.717) is 42.6 Å². The van der Waals surface area contributed by atoms with E-state index < -0.39 is 16.1 Å². The topological polar surface area (TPSA) is 73.8 Å². The number of anilines is 1. The molecule has 1 fully saturated rings. The summed E-state index contributed by atoms with van der Waals surface area (Å²) in [6, 6.07) is 11.4. The molecule has 10 heteroatoms. The van der Waals surface area contributed by atoms with Crippen molar-refractivity contribution in [2.24, 2.45) is 0 Å². The number of carbonyl (C=O) groups excluding carboxylic acids is 1. The van der Waals surface area contributed by atoms with E-state index in [4.69, 9.17) is 11.6 Å². The Morgan fingerprint density at radius 3 is 2.61 bits per heavy atom. The molecular formula is C23H27ClN4O3S2. The van der Waals surface area contributed by atoms with Gasteiger partial charge in [-0.05, 0) is 64.2 Å². The van der Waals surface area contributed by atoms with E-state index >= 15 is 0 Å². The highest BCUT2D eigenvalue weighted by molar-refractivity contribution is 7.89. The monoisotopic (exact) mass is 506 g/mol. The molecule has 1 atom stereocenters. The molecule has 1 aromatic heterocycles. The van der Waals surface area contributed by atoms with Crippen LogP contribution < -0.4 is 4.90 Å². The number of sulfonamides is 1. The van der Waals surface area contributed by atoms with Crippen molar-refractivity contribution >= 4 is 54.2 Å². The van der Waals surface area contributed by atoms with Gasteiger partial charge in [-0.2, -0.15) is 4.31 Å². The molecule has 1 unspecified atom stereocenters. The zero-order chi connectivity index (χ0) is 23.8. The molecule has 3 aromatic rings. The number of aryl methyl sites for hydroxylation is 1. The molecule has 7 nitrogen and oxygen atoms in total. The highest BCUT2D eigenvalue weighted by atomic mass is 35.5. The molecule has 2 heterocycles. The molecule has 1 amide bonds. The number of carbonyl (C=O) groups is 1. The van der Waals surface area contributed by atoms with Gasteiger partial charge in [-0.1, -0.05) is 40.6 Å². The molecule has 2 aromatic carbocycles. The van der Waals surface area contributed by atoms with Crippen LogP contribution in [0.5, 0.6) is 0 Å². The van der Waals surface area contributed by atoms with E-state index in [9.17, 15) is 13.2 Å². The summed E-state index contributed by atoms with van der Waals surface area (Å²) in [5.74, 6) is -0.241. The first-order chi connectivity index (χ1) is 15.7. The second-order valence-electron chi connectivity index (χ2n) is 8.49. The fourth-order valence-electron chi connectivity index (χ4n) is 3.90. The molecule has 0 spiro atoms. The van der Waals surface area contributed by atoms with Gasteiger partial charge >= 0.3 is 0 Å². The Bertz CT molecular complexity index is 1260. The summed E-state index contributed by atoms with van der Waals surface area (Å²) in [5.41, 5.74) is 1.74. The Hall–Kier alpha value is -2.04. The number of nitrogens with zero attached hydrogens (tertiary/aromatic N) is 4. The normalized spacial score (nSPS) is 17.2. The maximum absolute atomic E-state index is 13.8. The summed E-state index contributed by atoms with van der Waals surface area (Å²) in [5, 5.41) is 1.16. The SMILES string of the molecule is Cc1ccc(S(=O)(=O)N2CCCC2C(=O)N(CCN(C)C)c2nc3ccc(Cl)cc3s2)cc1. The van der Waals surface area contributed by atoms with Crippen LogP contribution in [0.3, 0.4) is 0 Å². The maximum atomic E-state index is 13.8. The Kier molecular flexibility index (Phi) is 7.07. The first-order valence-corrected chi connectivity index (χ1v) is 13.4. The van der Waals surface area contributed by atoms with Crippen molar-refractivity contribution in [2.45, 2.75) is 30.7 Å². The van der Waals surface area contributed by atoms with E-state index in [-0.39, 0.29) is 10.8 Å². The fraction of sp³-hybridized carbons (Fsp3) is 0.391. The maximum Gasteiger partial charge on any atom is 0.247 e. The van der Waals surface area contributed by atoms with Crippen LogP contribution in [0.2, 0.25) is 5.02 Å². The minimum atomic E-state index is -3.79. The van der Waals surface area contributed by atoms with Crippen LogP contribution in [0.4, 0.5) is 5.13 Å². The Balaban J connectivity index is 1.67. The predicted molar refractivity (Wildman–Crippen MR) is 134 cm³/mol. The number of hydrogen-bond donors (Lipinski definition) is 0. The summed E-state index contributed by atoms with van der Waals surface area (Å²) >= 11 is 7.52. The van der Waals surface area contributed by atoms with Crippen LogP contribution in [0, 0.1) is 6.92 Å². The Labute approximate surface area is 203 Å². The number of benzene rings is 2. The zero-order valence-corrected chi connectivity index (χ0v) is 21.3. The largest absolute Gasteiger partial charge is 0.308 e. The first-order valence-electron chi connectivity index (χ1n) is 10.8. The highest BCUT2D eigenvalue weighted by Crippen LogP contribution is 2.33. The number of thiazole rings is 1. The predicted octanol–water partition coefficient (Wildman–Crippen LogP) is 4.01. The number of amides is 1. The average Bonchev–Trinajstić information content (AvgIpc) is 3.41. The van der Waals surface area contributed by atoms with Gasteiger partial charge in [0.05, 0.1) is 15.1 Å². The average molecular weight is 507 g/mol. The quantitative estimate of drug-likeness (QED) is 0.484. The van der Waals surface area contributed by atoms with Gasteiger partial charge in [-0.25, -0.2) is 13.4 Å². The molecular weight excluding hydrogens is 480 g/mol. The van der Waals surface area contributed by atoms with Crippen molar-refractivity contribution in [3.8, 4) is 0 Å². The number of rotatable bonds is 7. The molecule has 1 saturated heterocycles. The van der Waals surface area contributed by atoms with Crippen molar-refractivity contribution in [1.82, 2.24) is 14.2 Å². The minimum Gasteiger partial charge on any atom is -0.308 e. The number of halogens is 1. The molecule has 0 N–H and O–H groups in total. The summed E-state index contributed by atoms with van der Waals surface area (Å²) in [6.07, 6.45) is 1.12. The van der Waals surface area contributed by atoms with Crippen LogP contribution in [0.25, 0.3) is 10.2 Å². The highest BCUT2D eigenvalue weighted by Gasteiger charge is 2.42. The van der Waals surface area contributed by atoms with E-state index in [1.54, 1.807) is 35.2 Å². The summed E-state index contributed by atoms with van der Waals surface area (Å²) < 4.78 is 29.0. The van der Waals surface area contributed by atoms with Gasteiger partial charge in [-0.3, -0.25) is 9.69 Å². The molecule has 33 heavy (non-hydrogen) atoms. The summed E-state index contributed by atoms with van der Waals surface area (Å²) in [6.45, 7) is 3.27. The van der Waals surface area contributed by atoms with Crippen LogP contribution in [0.1, 0.15) is 18.4 Å². The van der Waals surface area contributed by atoms with E-state index in [0.717, 1.165) is 15.8 Å². The zero-order valence-electron chi connectivity index (χ0n) is 18.9. The number of aromatic nitrogens is 1. The number of hydrogen-bond acceptors (Lipinski definition) is 6. The summed E-state index contributed by atoms with van der Waals surface area (Å²) in [4.78, 5) is 22.3. The van der Waals surface area contributed by atoms with E-state index in [1.807, 2.05) is 38.1 Å². The molecule has 4 rings (SSSR count). The van der Waals surface area contributed by atoms with Crippen molar-refractivity contribution in [3.05, 3.63) is 53.1 Å².